The average molecular weight is 477 g/mol. The van der Waals surface area contributed by atoms with E-state index in [0.717, 1.165) is 23.1 Å². The summed E-state index contributed by atoms with van der Waals surface area (Å²) in [5, 5.41) is 0. The molecule has 1 aliphatic rings. The first-order valence-electron chi connectivity index (χ1n) is 11.9. The van der Waals surface area contributed by atoms with E-state index in [9.17, 15) is 4.79 Å². The lowest BCUT2D eigenvalue weighted by molar-refractivity contribution is -0.141. The van der Waals surface area contributed by atoms with Crippen LogP contribution >= 0.6 is 0 Å². The van der Waals surface area contributed by atoms with Gasteiger partial charge in [0.15, 0.2) is 23.0 Å². The van der Waals surface area contributed by atoms with Gasteiger partial charge < -0.3 is 23.7 Å². The minimum atomic E-state index is -0.228. The molecule has 0 spiro atoms. The van der Waals surface area contributed by atoms with E-state index in [1.54, 1.807) is 14.2 Å². The summed E-state index contributed by atoms with van der Waals surface area (Å²) in [5.74, 6) is 2.43. The summed E-state index contributed by atoms with van der Waals surface area (Å²) in [6.07, 6.45) is 1.29. The molecule has 0 aromatic heterocycles. The number of rotatable bonds is 11. The summed E-state index contributed by atoms with van der Waals surface area (Å²) in [6.45, 7) is 3.37. The van der Waals surface area contributed by atoms with Crippen LogP contribution in [0.1, 0.15) is 23.6 Å². The van der Waals surface area contributed by atoms with Gasteiger partial charge in [0.25, 0.3) is 0 Å². The number of cyclic esters (lactones) is 1. The summed E-state index contributed by atoms with van der Waals surface area (Å²) >= 11 is 0. The molecule has 1 aliphatic heterocycles. The second-order valence-corrected chi connectivity index (χ2v) is 8.58. The van der Waals surface area contributed by atoms with E-state index < -0.39 is 0 Å². The van der Waals surface area contributed by atoms with Gasteiger partial charge in [-0.25, -0.2) is 0 Å². The molecule has 0 aliphatic carbocycles. The summed E-state index contributed by atoms with van der Waals surface area (Å²) in [4.78, 5) is 12.6. The van der Waals surface area contributed by atoms with Crippen LogP contribution in [0.25, 0.3) is 0 Å². The van der Waals surface area contributed by atoms with Gasteiger partial charge in [0.1, 0.15) is 6.61 Å². The van der Waals surface area contributed by atoms with E-state index in [0.29, 0.717) is 49.2 Å². The first-order valence-corrected chi connectivity index (χ1v) is 11.9. The van der Waals surface area contributed by atoms with Crippen LogP contribution in [0.15, 0.2) is 66.7 Å². The highest BCUT2D eigenvalue weighted by Gasteiger charge is 2.37. The van der Waals surface area contributed by atoms with Gasteiger partial charge in [0.05, 0.1) is 33.4 Å². The van der Waals surface area contributed by atoms with E-state index in [1.807, 2.05) is 73.7 Å². The molecule has 1 heterocycles. The number of methoxy groups -OCH3 is 2. The molecule has 3 aromatic carbocycles. The van der Waals surface area contributed by atoms with Crippen LogP contribution in [0.4, 0.5) is 0 Å². The molecule has 1 saturated heterocycles. The lowest BCUT2D eigenvalue weighted by Gasteiger charge is -2.18. The number of hydrogen-bond donors (Lipinski definition) is 0. The Bertz CT molecular complexity index is 1130. The quantitative estimate of drug-likeness (QED) is 0.352. The molecule has 6 nitrogen and oxygen atoms in total. The Balaban J connectivity index is 1.45. The standard InChI is InChI=1S/C29H32O6/c1-4-33-28-17-21(10-12-25(28)31-2)14-23-19-35-29(30)24(23)15-22-11-13-26(27(16-22)32-3)34-18-20-8-6-5-7-9-20/h5-13,16-17,23-24H,4,14-15,18-19H2,1-3H3/t23-,24+/m0/s1. The van der Waals surface area contributed by atoms with Gasteiger partial charge in [-0.15, -0.1) is 0 Å². The van der Waals surface area contributed by atoms with E-state index in [1.165, 1.54) is 0 Å². The van der Waals surface area contributed by atoms with Crippen molar-refractivity contribution in [3.05, 3.63) is 83.4 Å². The molecule has 2 atom stereocenters. The van der Waals surface area contributed by atoms with Gasteiger partial charge in [-0.1, -0.05) is 42.5 Å². The van der Waals surface area contributed by atoms with Gasteiger partial charge >= 0.3 is 5.97 Å². The van der Waals surface area contributed by atoms with Crippen LogP contribution in [-0.4, -0.2) is 33.4 Å². The normalized spacial score (nSPS) is 17.1. The van der Waals surface area contributed by atoms with Crippen LogP contribution in [0, 0.1) is 11.8 Å². The van der Waals surface area contributed by atoms with Crippen molar-refractivity contribution >= 4 is 5.97 Å². The van der Waals surface area contributed by atoms with E-state index in [-0.39, 0.29) is 17.8 Å². The first-order chi connectivity index (χ1) is 17.1. The average Bonchev–Trinajstić information content (AvgIpc) is 3.22. The molecule has 0 radical (unpaired) electrons. The summed E-state index contributed by atoms with van der Waals surface area (Å²) < 4.78 is 28.1. The number of esters is 1. The maximum absolute atomic E-state index is 12.6. The predicted molar refractivity (Wildman–Crippen MR) is 133 cm³/mol. The minimum absolute atomic E-state index is 0.0744. The molecular weight excluding hydrogens is 444 g/mol. The van der Waals surface area contributed by atoms with Gasteiger partial charge in [-0.05, 0) is 60.7 Å². The minimum Gasteiger partial charge on any atom is -0.493 e. The number of ether oxygens (including phenoxy) is 5. The van der Waals surface area contributed by atoms with Crippen molar-refractivity contribution in [2.24, 2.45) is 11.8 Å². The van der Waals surface area contributed by atoms with Gasteiger partial charge in [0, 0.05) is 5.92 Å². The molecular formula is C29H32O6. The summed E-state index contributed by atoms with van der Waals surface area (Å²) in [7, 11) is 3.25. The highest BCUT2D eigenvalue weighted by atomic mass is 16.5. The predicted octanol–water partition coefficient (Wildman–Crippen LogP) is 5.26. The third-order valence-corrected chi connectivity index (χ3v) is 6.26. The van der Waals surface area contributed by atoms with Crippen molar-refractivity contribution in [2.45, 2.75) is 26.4 Å². The molecule has 0 bridgehead atoms. The van der Waals surface area contributed by atoms with Gasteiger partial charge in [0.2, 0.25) is 0 Å². The molecule has 3 aromatic rings. The Hall–Kier alpha value is -3.67. The Kier molecular flexibility index (Phi) is 8.14. The van der Waals surface area contributed by atoms with Gasteiger partial charge in [-0.2, -0.15) is 0 Å². The molecule has 0 unspecified atom stereocenters. The third kappa shape index (κ3) is 6.07. The number of carbonyl (C=O) groups is 1. The molecule has 0 saturated carbocycles. The van der Waals surface area contributed by atoms with Crippen molar-refractivity contribution in [2.75, 3.05) is 27.4 Å². The van der Waals surface area contributed by atoms with Gasteiger partial charge in [-0.3, -0.25) is 4.79 Å². The lowest BCUT2D eigenvalue weighted by Crippen LogP contribution is -2.20. The van der Waals surface area contributed by atoms with E-state index >= 15 is 0 Å². The fraction of sp³-hybridized carbons (Fsp3) is 0.345. The van der Waals surface area contributed by atoms with E-state index in [2.05, 4.69) is 0 Å². The highest BCUT2D eigenvalue weighted by Crippen LogP contribution is 2.35. The van der Waals surface area contributed by atoms with Crippen molar-refractivity contribution in [1.82, 2.24) is 0 Å². The Morgan fingerprint density at radius 2 is 1.46 bits per heavy atom. The van der Waals surface area contributed by atoms with Crippen molar-refractivity contribution in [3.8, 4) is 23.0 Å². The summed E-state index contributed by atoms with van der Waals surface area (Å²) in [6, 6.07) is 21.8. The van der Waals surface area contributed by atoms with Crippen LogP contribution in [-0.2, 0) is 29.0 Å². The molecule has 0 amide bonds. The Morgan fingerprint density at radius 1 is 0.771 bits per heavy atom. The largest absolute Gasteiger partial charge is 0.493 e. The number of carbonyl (C=O) groups excluding carboxylic acids is 1. The fourth-order valence-electron chi connectivity index (χ4n) is 4.42. The van der Waals surface area contributed by atoms with Crippen molar-refractivity contribution < 1.29 is 28.5 Å². The maximum atomic E-state index is 12.6. The lowest BCUT2D eigenvalue weighted by atomic mass is 9.85. The Morgan fingerprint density at radius 3 is 2.17 bits per heavy atom. The second kappa shape index (κ2) is 11.6. The number of benzene rings is 3. The molecule has 35 heavy (non-hydrogen) atoms. The first kappa shape index (κ1) is 24.5. The summed E-state index contributed by atoms with van der Waals surface area (Å²) in [5.41, 5.74) is 3.18. The zero-order valence-corrected chi connectivity index (χ0v) is 20.5. The fourth-order valence-corrected chi connectivity index (χ4v) is 4.42. The molecule has 1 fully saturated rings. The van der Waals surface area contributed by atoms with Crippen molar-refractivity contribution in [3.63, 3.8) is 0 Å². The van der Waals surface area contributed by atoms with Crippen molar-refractivity contribution in [1.29, 1.82) is 0 Å². The zero-order valence-electron chi connectivity index (χ0n) is 20.5. The van der Waals surface area contributed by atoms with Crippen LogP contribution in [0.5, 0.6) is 23.0 Å². The molecule has 6 heteroatoms. The second-order valence-electron chi connectivity index (χ2n) is 8.58. The van der Waals surface area contributed by atoms with Crippen LogP contribution in [0.2, 0.25) is 0 Å². The molecule has 4 rings (SSSR count). The zero-order chi connectivity index (χ0) is 24.6. The Labute approximate surface area is 206 Å². The van der Waals surface area contributed by atoms with Crippen LogP contribution in [0.3, 0.4) is 0 Å². The smallest absolute Gasteiger partial charge is 0.309 e. The highest BCUT2D eigenvalue weighted by molar-refractivity contribution is 5.75. The maximum Gasteiger partial charge on any atom is 0.309 e. The van der Waals surface area contributed by atoms with E-state index in [4.69, 9.17) is 23.7 Å². The SMILES string of the molecule is CCOc1cc(C[C@H]2COC(=O)[C@@H]2Cc2ccc(OCc3ccccc3)c(OC)c2)ccc1OC. The van der Waals surface area contributed by atoms with Crippen LogP contribution < -0.4 is 18.9 Å². The topological polar surface area (TPSA) is 63.2 Å². The molecule has 0 N–H and O–H groups in total. The molecule has 184 valence electrons. The number of hydrogen-bond acceptors (Lipinski definition) is 6. The third-order valence-electron chi connectivity index (χ3n) is 6.26. The monoisotopic (exact) mass is 476 g/mol.